The second kappa shape index (κ2) is 7.61. The summed E-state index contributed by atoms with van der Waals surface area (Å²) in [6.07, 6.45) is 1.03. The van der Waals surface area contributed by atoms with Crippen LogP contribution in [0, 0.1) is 13.8 Å². The predicted octanol–water partition coefficient (Wildman–Crippen LogP) is 4.59. The molecule has 158 valence electrons. The lowest BCUT2D eigenvalue weighted by Gasteiger charge is -2.30. The van der Waals surface area contributed by atoms with Gasteiger partial charge in [-0.2, -0.15) is 9.61 Å². The van der Waals surface area contributed by atoms with E-state index in [4.69, 9.17) is 19.6 Å². The molecule has 0 spiro atoms. The molecule has 0 saturated heterocycles. The Morgan fingerprint density at radius 1 is 0.903 bits per heavy atom. The number of benzene rings is 2. The average molecular weight is 415 g/mol. The van der Waals surface area contributed by atoms with Crippen molar-refractivity contribution in [3.63, 3.8) is 0 Å². The molecule has 0 aliphatic carbocycles. The van der Waals surface area contributed by atoms with Crippen molar-refractivity contribution >= 4 is 11.5 Å². The molecule has 1 aliphatic rings. The number of aromatic nitrogens is 3. The van der Waals surface area contributed by atoms with Crippen molar-refractivity contribution in [2.24, 2.45) is 0 Å². The summed E-state index contributed by atoms with van der Waals surface area (Å²) in [5.41, 5.74) is 7.61. The smallest absolute Gasteiger partial charge is 0.165 e. The number of rotatable bonds is 4. The van der Waals surface area contributed by atoms with Gasteiger partial charge in [-0.3, -0.25) is 0 Å². The topological polar surface area (TPSA) is 51.9 Å². The maximum Gasteiger partial charge on any atom is 0.165 e. The van der Waals surface area contributed by atoms with E-state index in [9.17, 15) is 0 Å². The first-order chi connectivity index (χ1) is 15.1. The van der Waals surface area contributed by atoms with Gasteiger partial charge >= 0.3 is 0 Å². The van der Waals surface area contributed by atoms with Crippen LogP contribution < -0.4 is 14.4 Å². The van der Waals surface area contributed by atoms with Crippen LogP contribution in [0.1, 0.15) is 22.5 Å². The maximum absolute atomic E-state index is 5.52. The van der Waals surface area contributed by atoms with Gasteiger partial charge in [-0.05, 0) is 49.1 Å². The zero-order valence-corrected chi connectivity index (χ0v) is 18.3. The molecule has 4 aromatic rings. The molecule has 31 heavy (non-hydrogen) atoms. The SMILES string of the molecule is COc1ccc(-c2c(C)nn3c(N4CCc5ccccc5C4)cc(C)nc23)cc1OC. The molecule has 1 aliphatic heterocycles. The first-order valence-electron chi connectivity index (χ1n) is 10.5. The van der Waals surface area contributed by atoms with E-state index in [1.807, 2.05) is 36.6 Å². The van der Waals surface area contributed by atoms with E-state index in [0.29, 0.717) is 11.5 Å². The minimum absolute atomic E-state index is 0.694. The largest absolute Gasteiger partial charge is 0.493 e. The van der Waals surface area contributed by atoms with E-state index in [1.54, 1.807) is 14.2 Å². The van der Waals surface area contributed by atoms with E-state index in [2.05, 4.69) is 35.2 Å². The highest BCUT2D eigenvalue weighted by Gasteiger charge is 2.22. The molecular formula is C25H26N4O2. The van der Waals surface area contributed by atoms with Gasteiger partial charge in [-0.25, -0.2) is 4.98 Å². The normalized spacial score (nSPS) is 13.4. The number of fused-ring (bicyclic) bond motifs is 2. The van der Waals surface area contributed by atoms with Crippen LogP contribution in [-0.4, -0.2) is 35.4 Å². The van der Waals surface area contributed by atoms with Crippen molar-refractivity contribution in [1.29, 1.82) is 0 Å². The molecule has 0 radical (unpaired) electrons. The highest BCUT2D eigenvalue weighted by Crippen LogP contribution is 2.36. The molecule has 6 nitrogen and oxygen atoms in total. The fraction of sp³-hybridized carbons (Fsp3) is 0.280. The first kappa shape index (κ1) is 19.4. The molecule has 3 heterocycles. The molecule has 5 rings (SSSR count). The van der Waals surface area contributed by atoms with Gasteiger partial charge in [-0.15, -0.1) is 0 Å². The Hall–Kier alpha value is -3.54. The zero-order chi connectivity index (χ0) is 21.5. The van der Waals surface area contributed by atoms with Crippen LogP contribution in [-0.2, 0) is 13.0 Å². The fourth-order valence-corrected chi connectivity index (χ4v) is 4.47. The Morgan fingerprint density at radius 3 is 2.45 bits per heavy atom. The lowest BCUT2D eigenvalue weighted by molar-refractivity contribution is 0.355. The third-order valence-electron chi connectivity index (χ3n) is 6.00. The summed E-state index contributed by atoms with van der Waals surface area (Å²) in [7, 11) is 3.30. The standard InChI is InChI=1S/C25H26N4O2/c1-16-13-23(28-12-11-18-7-5-6-8-20(18)15-28)29-25(26-16)24(17(2)27-29)19-9-10-21(30-3)22(14-19)31-4/h5-10,13-14H,11-12,15H2,1-4H3. The van der Waals surface area contributed by atoms with Crippen molar-refractivity contribution in [3.05, 3.63) is 71.0 Å². The van der Waals surface area contributed by atoms with Gasteiger partial charge in [0, 0.05) is 30.4 Å². The zero-order valence-electron chi connectivity index (χ0n) is 18.3. The van der Waals surface area contributed by atoms with Gasteiger partial charge in [0.1, 0.15) is 5.82 Å². The number of aryl methyl sites for hydroxylation is 2. The van der Waals surface area contributed by atoms with Crippen LogP contribution in [0.5, 0.6) is 11.5 Å². The minimum Gasteiger partial charge on any atom is -0.493 e. The minimum atomic E-state index is 0.694. The van der Waals surface area contributed by atoms with Crippen LogP contribution in [0.3, 0.4) is 0 Å². The van der Waals surface area contributed by atoms with Crippen molar-refractivity contribution < 1.29 is 9.47 Å². The highest BCUT2D eigenvalue weighted by atomic mass is 16.5. The van der Waals surface area contributed by atoms with Gasteiger partial charge in [0.05, 0.1) is 19.9 Å². The fourth-order valence-electron chi connectivity index (χ4n) is 4.47. The molecule has 2 aromatic carbocycles. The van der Waals surface area contributed by atoms with Gasteiger partial charge in [0.2, 0.25) is 0 Å². The van der Waals surface area contributed by atoms with Gasteiger partial charge in [0.25, 0.3) is 0 Å². The summed E-state index contributed by atoms with van der Waals surface area (Å²) in [6.45, 7) is 5.91. The van der Waals surface area contributed by atoms with Crippen molar-refractivity contribution in [3.8, 4) is 22.6 Å². The summed E-state index contributed by atoms with van der Waals surface area (Å²) >= 11 is 0. The molecule has 0 fully saturated rings. The van der Waals surface area contributed by atoms with Crippen LogP contribution in [0.15, 0.2) is 48.5 Å². The molecule has 2 aromatic heterocycles. The summed E-state index contributed by atoms with van der Waals surface area (Å²) in [5, 5.41) is 4.90. The van der Waals surface area contributed by atoms with Crippen molar-refractivity contribution in [2.75, 3.05) is 25.7 Å². The van der Waals surface area contributed by atoms with Crippen LogP contribution in [0.2, 0.25) is 0 Å². The summed E-state index contributed by atoms with van der Waals surface area (Å²) < 4.78 is 12.9. The number of ether oxygens (including phenoxy) is 2. The Balaban J connectivity index is 1.64. The van der Waals surface area contributed by atoms with Gasteiger partial charge in [0.15, 0.2) is 17.1 Å². The Bertz CT molecular complexity index is 1280. The van der Waals surface area contributed by atoms with E-state index in [1.165, 1.54) is 11.1 Å². The number of nitrogens with zero attached hydrogens (tertiary/aromatic N) is 4. The molecule has 6 heteroatoms. The quantitative estimate of drug-likeness (QED) is 0.489. The summed E-state index contributed by atoms with van der Waals surface area (Å²) in [6, 6.07) is 16.8. The molecule has 0 N–H and O–H groups in total. The van der Waals surface area contributed by atoms with Crippen LogP contribution in [0.4, 0.5) is 5.82 Å². The third-order valence-corrected chi connectivity index (χ3v) is 6.00. The Labute approximate surface area is 182 Å². The van der Waals surface area contributed by atoms with Gasteiger partial charge in [-0.1, -0.05) is 30.3 Å². The van der Waals surface area contributed by atoms with E-state index < -0.39 is 0 Å². The van der Waals surface area contributed by atoms with E-state index >= 15 is 0 Å². The molecule has 0 bridgehead atoms. The molecule has 0 amide bonds. The second-order valence-corrected chi connectivity index (χ2v) is 7.96. The number of hydrogen-bond acceptors (Lipinski definition) is 5. The predicted molar refractivity (Wildman–Crippen MR) is 122 cm³/mol. The molecular weight excluding hydrogens is 388 g/mol. The lowest BCUT2D eigenvalue weighted by atomic mass is 10.00. The summed E-state index contributed by atoms with van der Waals surface area (Å²) in [5.74, 6) is 2.48. The molecule has 0 unspecified atom stereocenters. The van der Waals surface area contributed by atoms with Crippen molar-refractivity contribution in [2.45, 2.75) is 26.8 Å². The third kappa shape index (κ3) is 3.28. The molecule has 0 saturated carbocycles. The second-order valence-electron chi connectivity index (χ2n) is 7.96. The summed E-state index contributed by atoms with van der Waals surface area (Å²) in [4.78, 5) is 7.27. The Kier molecular flexibility index (Phi) is 4.77. The van der Waals surface area contributed by atoms with Crippen LogP contribution >= 0.6 is 0 Å². The highest BCUT2D eigenvalue weighted by molar-refractivity contribution is 5.82. The Morgan fingerprint density at radius 2 is 1.68 bits per heavy atom. The number of hydrogen-bond donors (Lipinski definition) is 0. The lowest BCUT2D eigenvalue weighted by Crippen LogP contribution is -2.32. The number of methoxy groups -OCH3 is 2. The average Bonchev–Trinajstić information content (AvgIpc) is 3.13. The maximum atomic E-state index is 5.52. The monoisotopic (exact) mass is 414 g/mol. The van der Waals surface area contributed by atoms with Crippen LogP contribution in [0.25, 0.3) is 16.8 Å². The first-order valence-corrected chi connectivity index (χ1v) is 10.5. The molecule has 0 atom stereocenters. The van der Waals surface area contributed by atoms with Crippen molar-refractivity contribution in [1.82, 2.24) is 14.6 Å². The van der Waals surface area contributed by atoms with E-state index in [-0.39, 0.29) is 0 Å². The van der Waals surface area contributed by atoms with Gasteiger partial charge < -0.3 is 14.4 Å². The number of anilines is 1. The van der Waals surface area contributed by atoms with E-state index in [0.717, 1.165) is 53.5 Å².